The summed E-state index contributed by atoms with van der Waals surface area (Å²) in [6.45, 7) is 0.431. The van der Waals surface area contributed by atoms with E-state index in [9.17, 15) is 13.2 Å². The number of primary amides is 1. The van der Waals surface area contributed by atoms with Crippen LogP contribution in [0.25, 0.3) is 0 Å². The van der Waals surface area contributed by atoms with Crippen LogP contribution in [-0.4, -0.2) is 50.0 Å². The Kier molecular flexibility index (Phi) is 4.56. The molecular weight excluding hydrogens is 256 g/mol. The second-order valence-electron chi connectivity index (χ2n) is 3.14. The lowest BCUT2D eigenvalue weighted by Gasteiger charge is -2.22. The number of carbonyl (C=O) groups is 1. The molecule has 92 valence electrons. The number of rotatable bonds is 3. The second kappa shape index (κ2) is 5.51. The van der Waals surface area contributed by atoms with Crippen LogP contribution in [0.4, 0.5) is 4.79 Å². The van der Waals surface area contributed by atoms with Crippen LogP contribution in [0.2, 0.25) is 0 Å². The van der Waals surface area contributed by atoms with E-state index < -0.39 is 22.0 Å². The van der Waals surface area contributed by atoms with Crippen molar-refractivity contribution < 1.29 is 22.8 Å². The molecule has 7 nitrogen and oxygen atoms in total. The van der Waals surface area contributed by atoms with Crippen molar-refractivity contribution in [1.82, 2.24) is 0 Å². The summed E-state index contributed by atoms with van der Waals surface area (Å²) in [5.74, 6) is 0.433. The average molecular weight is 268 g/mol. The van der Waals surface area contributed by atoms with E-state index >= 15 is 0 Å². The van der Waals surface area contributed by atoms with Crippen molar-refractivity contribution in [1.29, 1.82) is 0 Å². The van der Waals surface area contributed by atoms with Crippen LogP contribution in [-0.2, 0) is 19.4 Å². The molecule has 0 saturated carbocycles. The molecule has 16 heavy (non-hydrogen) atoms. The van der Waals surface area contributed by atoms with Gasteiger partial charge >= 0.3 is 6.09 Å². The first-order valence-electron chi connectivity index (χ1n) is 4.35. The zero-order valence-corrected chi connectivity index (χ0v) is 10.2. The number of amides is 1. The summed E-state index contributed by atoms with van der Waals surface area (Å²) in [6, 6.07) is 0. The first-order valence-corrected chi connectivity index (χ1v) is 7.39. The number of oxime groups is 1. The number of hydrogen-bond acceptors (Lipinski definition) is 7. The number of ether oxygens (including phenoxy) is 1. The van der Waals surface area contributed by atoms with Gasteiger partial charge in [-0.15, -0.1) is 11.8 Å². The van der Waals surface area contributed by atoms with Crippen molar-refractivity contribution in [3.63, 3.8) is 0 Å². The van der Waals surface area contributed by atoms with Crippen LogP contribution in [0.3, 0.4) is 0 Å². The summed E-state index contributed by atoms with van der Waals surface area (Å²) >= 11 is 1.28. The van der Waals surface area contributed by atoms with Gasteiger partial charge in [0.2, 0.25) is 0 Å². The molecule has 1 amide bonds. The molecule has 2 N–H and O–H groups in total. The number of thioether (sulfide) groups is 1. The van der Waals surface area contributed by atoms with Crippen LogP contribution in [0.5, 0.6) is 0 Å². The molecule has 1 atom stereocenters. The molecule has 1 saturated heterocycles. The van der Waals surface area contributed by atoms with Crippen molar-refractivity contribution in [3.8, 4) is 0 Å². The van der Waals surface area contributed by atoms with E-state index in [2.05, 4.69) is 9.99 Å². The molecule has 0 aromatic heterocycles. The van der Waals surface area contributed by atoms with E-state index in [-0.39, 0.29) is 5.75 Å². The van der Waals surface area contributed by atoms with Crippen LogP contribution in [0.1, 0.15) is 0 Å². The molecule has 1 aliphatic heterocycles. The smallest absolute Gasteiger partial charge is 0.369 e. The van der Waals surface area contributed by atoms with Gasteiger partial charge in [-0.25, -0.2) is 13.2 Å². The zero-order chi connectivity index (χ0) is 12.2. The fourth-order valence-electron chi connectivity index (χ4n) is 1.07. The van der Waals surface area contributed by atoms with Gasteiger partial charge in [0.15, 0.2) is 0 Å². The fourth-order valence-corrected chi connectivity index (χ4v) is 2.80. The number of nitrogens with zero attached hydrogens (tertiary/aromatic N) is 1. The molecule has 0 spiro atoms. The lowest BCUT2D eigenvalue weighted by molar-refractivity contribution is 0.119. The number of nitrogens with two attached hydrogens (primary N) is 1. The van der Waals surface area contributed by atoms with E-state index in [0.717, 1.165) is 6.26 Å². The Hall–Kier alpha value is -0.800. The lowest BCUT2D eigenvalue weighted by Crippen LogP contribution is -2.35. The van der Waals surface area contributed by atoms with Gasteiger partial charge in [0.1, 0.15) is 21.0 Å². The molecule has 9 heteroatoms. The van der Waals surface area contributed by atoms with Crippen LogP contribution >= 0.6 is 11.8 Å². The quantitative estimate of drug-likeness (QED) is 0.549. The topological polar surface area (TPSA) is 108 Å². The van der Waals surface area contributed by atoms with E-state index in [4.69, 9.17) is 10.5 Å². The largest absolute Gasteiger partial charge is 0.430 e. The molecule has 0 bridgehead atoms. The first-order chi connectivity index (χ1) is 7.38. The van der Waals surface area contributed by atoms with Crippen LogP contribution in [0, 0.1) is 0 Å². The molecule has 0 aliphatic carbocycles. The summed E-state index contributed by atoms with van der Waals surface area (Å²) in [5.41, 5.74) is 4.75. The second-order valence-corrected chi connectivity index (χ2v) is 6.44. The number of sulfone groups is 1. The SMILES string of the molecule is CS(=O)(=O)CC1OCCSC1=NOC(N)=O. The minimum absolute atomic E-state index is 0.193. The monoisotopic (exact) mass is 268 g/mol. The maximum absolute atomic E-state index is 11.1. The van der Waals surface area contributed by atoms with Gasteiger partial charge in [-0.3, -0.25) is 4.84 Å². The Balaban J connectivity index is 2.71. The number of hydrogen-bond donors (Lipinski definition) is 1. The first kappa shape index (κ1) is 13.3. The van der Waals surface area contributed by atoms with E-state index in [0.29, 0.717) is 17.4 Å². The summed E-state index contributed by atoms with van der Waals surface area (Å²) in [5, 5.41) is 3.78. The van der Waals surface area contributed by atoms with Gasteiger partial charge in [0.05, 0.1) is 12.4 Å². The highest BCUT2D eigenvalue weighted by Crippen LogP contribution is 2.18. The highest BCUT2D eigenvalue weighted by Gasteiger charge is 2.26. The third-order valence-corrected chi connectivity index (χ3v) is 3.52. The van der Waals surface area contributed by atoms with Crippen molar-refractivity contribution in [2.24, 2.45) is 10.9 Å². The van der Waals surface area contributed by atoms with Gasteiger partial charge in [0.25, 0.3) is 0 Å². The van der Waals surface area contributed by atoms with Gasteiger partial charge in [-0.05, 0) is 0 Å². The van der Waals surface area contributed by atoms with Gasteiger partial charge in [-0.1, -0.05) is 5.16 Å². The molecule has 1 fully saturated rings. The molecule has 0 radical (unpaired) electrons. The van der Waals surface area contributed by atoms with Gasteiger partial charge in [-0.2, -0.15) is 0 Å². The Morgan fingerprint density at radius 2 is 2.44 bits per heavy atom. The molecule has 1 aliphatic rings. The Labute approximate surface area is 97.2 Å². The maximum atomic E-state index is 11.1. The molecule has 1 heterocycles. The predicted octanol–water partition coefficient (Wildman–Crippen LogP) is -0.428. The van der Waals surface area contributed by atoms with Crippen molar-refractivity contribution in [2.75, 3.05) is 24.4 Å². The third kappa shape index (κ3) is 4.81. The highest BCUT2D eigenvalue weighted by atomic mass is 32.2. The normalized spacial score (nSPS) is 24.3. The molecule has 0 aromatic rings. The average Bonchev–Trinajstić information content (AvgIpc) is 2.14. The predicted molar refractivity (Wildman–Crippen MR) is 60.0 cm³/mol. The Morgan fingerprint density at radius 1 is 1.75 bits per heavy atom. The van der Waals surface area contributed by atoms with E-state index in [1.165, 1.54) is 11.8 Å². The number of carbonyl (C=O) groups excluding carboxylic acids is 1. The summed E-state index contributed by atoms with van der Waals surface area (Å²) in [6.07, 6.45) is -0.632. The van der Waals surface area contributed by atoms with E-state index in [1.807, 2.05) is 0 Å². The molecule has 1 rings (SSSR count). The van der Waals surface area contributed by atoms with E-state index in [1.54, 1.807) is 0 Å². The molecule has 1 unspecified atom stereocenters. The van der Waals surface area contributed by atoms with Crippen LogP contribution in [0.15, 0.2) is 5.16 Å². The Morgan fingerprint density at radius 3 is 3.00 bits per heavy atom. The summed E-state index contributed by atoms with van der Waals surface area (Å²) in [7, 11) is -3.19. The van der Waals surface area contributed by atoms with Crippen molar-refractivity contribution >= 4 is 32.7 Å². The minimum atomic E-state index is -3.19. The Bertz CT molecular complexity index is 392. The zero-order valence-electron chi connectivity index (χ0n) is 8.58. The lowest BCUT2D eigenvalue weighted by atomic mass is 10.4. The minimum Gasteiger partial charge on any atom is -0.369 e. The summed E-state index contributed by atoms with van der Waals surface area (Å²) in [4.78, 5) is 14.6. The molecular formula is C7H12N2O5S2. The van der Waals surface area contributed by atoms with Crippen molar-refractivity contribution in [3.05, 3.63) is 0 Å². The van der Waals surface area contributed by atoms with Crippen molar-refractivity contribution in [2.45, 2.75) is 6.10 Å². The molecule has 0 aromatic carbocycles. The fraction of sp³-hybridized carbons (Fsp3) is 0.714. The highest BCUT2D eigenvalue weighted by molar-refractivity contribution is 8.14. The summed E-state index contributed by atoms with van der Waals surface area (Å²) < 4.78 is 27.4. The maximum Gasteiger partial charge on any atom is 0.430 e. The standard InChI is InChI=1S/C7H12N2O5S2/c1-16(11,12)4-5-6(9-14-7(8)10)15-3-2-13-5/h5H,2-4H2,1H3,(H2,8,10). The van der Waals surface area contributed by atoms with Crippen LogP contribution < -0.4 is 5.73 Å². The van der Waals surface area contributed by atoms with Gasteiger partial charge < -0.3 is 10.5 Å². The third-order valence-electron chi connectivity index (χ3n) is 1.61. The van der Waals surface area contributed by atoms with Gasteiger partial charge in [0, 0.05) is 12.0 Å².